The van der Waals surface area contributed by atoms with Gasteiger partial charge in [-0.1, -0.05) is 48.1 Å². The first kappa shape index (κ1) is 29.7. The lowest BCUT2D eigenvalue weighted by molar-refractivity contribution is -0.123. The number of allylic oxidation sites excluding steroid dienone is 7. The van der Waals surface area contributed by atoms with Crippen LogP contribution >= 0.6 is 15.9 Å². The number of para-hydroxylation sites is 1. The van der Waals surface area contributed by atoms with E-state index in [9.17, 15) is 24.3 Å². The van der Waals surface area contributed by atoms with Gasteiger partial charge >= 0.3 is 0 Å². The maximum atomic E-state index is 14.2. The van der Waals surface area contributed by atoms with Crippen LogP contribution in [0.15, 0.2) is 112 Å². The molecule has 230 valence electrons. The Morgan fingerprint density at radius 1 is 0.935 bits per heavy atom. The quantitative estimate of drug-likeness (QED) is 0.171. The minimum Gasteiger partial charge on any atom is -0.504 e. The average molecular weight is 678 g/mol. The van der Waals surface area contributed by atoms with Gasteiger partial charge < -0.3 is 15.2 Å². The molecular weight excluding hydrogens is 648 g/mol. The highest BCUT2D eigenvalue weighted by atomic mass is 79.9. The first-order chi connectivity index (χ1) is 22.2. The number of hydrogen-bond donors (Lipinski definition) is 2. The molecule has 0 radical (unpaired) electrons. The van der Waals surface area contributed by atoms with Gasteiger partial charge in [0.25, 0.3) is 0 Å². The van der Waals surface area contributed by atoms with Crippen molar-refractivity contribution in [2.75, 3.05) is 17.3 Å². The molecule has 1 fully saturated rings. The lowest BCUT2D eigenvalue weighted by Crippen LogP contribution is -2.40. The van der Waals surface area contributed by atoms with E-state index < -0.39 is 23.7 Å². The summed E-state index contributed by atoms with van der Waals surface area (Å²) in [7, 11) is 1.46. The molecule has 2 N–H and O–H groups in total. The van der Waals surface area contributed by atoms with Crippen LogP contribution in [0.4, 0.5) is 17.1 Å². The van der Waals surface area contributed by atoms with Gasteiger partial charge in [0, 0.05) is 34.5 Å². The van der Waals surface area contributed by atoms with Gasteiger partial charge in [0.2, 0.25) is 11.8 Å². The number of benzene rings is 3. The Kier molecular flexibility index (Phi) is 7.56. The van der Waals surface area contributed by atoms with Gasteiger partial charge in [0.05, 0.1) is 29.1 Å². The second-order valence-electron chi connectivity index (χ2n) is 11.8. The highest BCUT2D eigenvalue weighted by Crippen LogP contribution is 2.53. The number of carbonyl (C=O) groups is 4. The number of nitrogens with zero attached hydrogens (tertiary/aromatic N) is 1. The summed E-state index contributed by atoms with van der Waals surface area (Å²) in [6.45, 7) is 0. The maximum Gasteiger partial charge on any atom is 0.238 e. The number of anilines is 3. The van der Waals surface area contributed by atoms with Gasteiger partial charge in [-0.05, 0) is 88.8 Å². The fraction of sp³-hybridized carbons (Fsp3) is 0.189. The molecule has 3 aromatic rings. The van der Waals surface area contributed by atoms with Crippen LogP contribution in [0.2, 0.25) is 0 Å². The summed E-state index contributed by atoms with van der Waals surface area (Å²) in [6.07, 6.45) is 7.51. The Morgan fingerprint density at radius 3 is 2.41 bits per heavy atom. The minimum atomic E-state index is -0.666. The first-order valence-electron chi connectivity index (χ1n) is 15.0. The monoisotopic (exact) mass is 676 g/mol. The molecule has 8 nitrogen and oxygen atoms in total. The second-order valence-corrected chi connectivity index (χ2v) is 12.6. The third-order valence-corrected chi connectivity index (χ3v) is 9.84. The number of ether oxygens (including phenoxy) is 1. The van der Waals surface area contributed by atoms with Gasteiger partial charge in [-0.3, -0.25) is 24.1 Å². The van der Waals surface area contributed by atoms with E-state index in [-0.39, 0.29) is 40.0 Å². The molecule has 2 amide bonds. The lowest BCUT2D eigenvalue weighted by atomic mass is 9.61. The van der Waals surface area contributed by atoms with E-state index in [0.29, 0.717) is 29.0 Å². The van der Waals surface area contributed by atoms with Crippen molar-refractivity contribution < 1.29 is 29.0 Å². The SMILES string of the molecule is COc1cc(C=CC2C3=CCC4C(=O)N(c5ccc(Nc6ccccc6)cc5)C(=O)C4C3CC3=C2C(=O)C=C(Br)C3=O)ccc1O. The number of fused-ring (bicyclic) bond motifs is 3. The van der Waals surface area contributed by atoms with Crippen LogP contribution in [0.25, 0.3) is 6.08 Å². The highest BCUT2D eigenvalue weighted by Gasteiger charge is 2.56. The van der Waals surface area contributed by atoms with E-state index in [1.807, 2.05) is 60.7 Å². The predicted molar refractivity (Wildman–Crippen MR) is 178 cm³/mol. The third kappa shape index (κ3) is 5.01. The molecule has 1 saturated heterocycles. The van der Waals surface area contributed by atoms with Crippen LogP contribution in [0.5, 0.6) is 11.5 Å². The molecule has 0 aromatic heterocycles. The molecule has 0 spiro atoms. The first-order valence-corrected chi connectivity index (χ1v) is 15.8. The standard InChI is InChI=1S/C37H29BrN2O6/c1-46-32-17-20(8-16-30(32)41)7-13-25-24-14-15-26-34(27(24)18-28-33(25)31(42)19-29(38)35(28)43)37(45)40(36(26)44)23-11-9-22(10-12-23)39-21-5-3-2-4-6-21/h2-14,16-17,19,25-27,34,39,41H,15,18H2,1H3. The van der Waals surface area contributed by atoms with E-state index in [1.54, 1.807) is 24.3 Å². The Balaban J connectivity index is 1.22. The van der Waals surface area contributed by atoms with Crippen LogP contribution in [0.1, 0.15) is 18.4 Å². The zero-order valence-corrected chi connectivity index (χ0v) is 26.4. The topological polar surface area (TPSA) is 113 Å². The van der Waals surface area contributed by atoms with Crippen molar-refractivity contribution in [1.29, 1.82) is 0 Å². The number of methoxy groups -OCH3 is 1. The number of phenolic OH excluding ortho intramolecular Hbond substituents is 1. The minimum absolute atomic E-state index is 0.00233. The van der Waals surface area contributed by atoms with Crippen LogP contribution in [0, 0.1) is 23.7 Å². The smallest absolute Gasteiger partial charge is 0.238 e. The van der Waals surface area contributed by atoms with Crippen molar-refractivity contribution in [1.82, 2.24) is 0 Å². The molecule has 0 bridgehead atoms. The number of rotatable bonds is 6. The van der Waals surface area contributed by atoms with Crippen LogP contribution in [-0.2, 0) is 19.2 Å². The largest absolute Gasteiger partial charge is 0.504 e. The van der Waals surface area contributed by atoms with Gasteiger partial charge in [0.15, 0.2) is 23.1 Å². The summed E-state index contributed by atoms with van der Waals surface area (Å²) in [6, 6.07) is 21.8. The molecule has 0 saturated carbocycles. The van der Waals surface area contributed by atoms with Crippen molar-refractivity contribution in [3.8, 4) is 11.5 Å². The van der Waals surface area contributed by atoms with E-state index >= 15 is 0 Å². The summed E-state index contributed by atoms with van der Waals surface area (Å²) < 4.78 is 5.43. The number of phenols is 1. The van der Waals surface area contributed by atoms with E-state index in [1.165, 1.54) is 24.2 Å². The number of aromatic hydroxyl groups is 1. The number of amides is 2. The number of imide groups is 1. The molecule has 4 aliphatic rings. The summed E-state index contributed by atoms with van der Waals surface area (Å²) in [5.41, 5.74) is 4.59. The number of halogens is 1. The van der Waals surface area contributed by atoms with Gasteiger partial charge in [-0.2, -0.15) is 0 Å². The molecule has 1 aliphatic heterocycles. The Bertz CT molecular complexity index is 1920. The molecule has 46 heavy (non-hydrogen) atoms. The fourth-order valence-electron chi connectivity index (χ4n) is 7.13. The zero-order valence-electron chi connectivity index (χ0n) is 24.8. The Morgan fingerprint density at radius 2 is 1.67 bits per heavy atom. The summed E-state index contributed by atoms with van der Waals surface area (Å²) >= 11 is 3.26. The lowest BCUT2D eigenvalue weighted by Gasteiger charge is -2.41. The summed E-state index contributed by atoms with van der Waals surface area (Å²) in [4.78, 5) is 56.0. The number of hydrogen-bond acceptors (Lipinski definition) is 7. The molecule has 1 heterocycles. The number of Topliss-reactive ketones (excluding diaryl/α,β-unsaturated/α-hetero) is 1. The molecule has 4 unspecified atom stereocenters. The van der Waals surface area contributed by atoms with Gasteiger partial charge in [-0.25, -0.2) is 0 Å². The molecule has 3 aromatic carbocycles. The molecule has 7 rings (SSSR count). The second kappa shape index (κ2) is 11.7. The molecule has 3 aliphatic carbocycles. The zero-order chi connectivity index (χ0) is 32.1. The van der Waals surface area contributed by atoms with Crippen LogP contribution in [-0.4, -0.2) is 35.6 Å². The third-order valence-electron chi connectivity index (χ3n) is 9.25. The van der Waals surface area contributed by atoms with Crippen molar-refractivity contribution in [2.45, 2.75) is 12.8 Å². The fourth-order valence-corrected chi connectivity index (χ4v) is 7.57. The van der Waals surface area contributed by atoms with Gasteiger partial charge in [0.1, 0.15) is 0 Å². The summed E-state index contributed by atoms with van der Waals surface area (Å²) in [5, 5.41) is 13.3. The average Bonchev–Trinajstić information content (AvgIpc) is 3.32. The van der Waals surface area contributed by atoms with Crippen molar-refractivity contribution in [3.05, 3.63) is 118 Å². The van der Waals surface area contributed by atoms with Crippen molar-refractivity contribution in [3.63, 3.8) is 0 Å². The summed E-state index contributed by atoms with van der Waals surface area (Å²) in [5.74, 6) is -3.03. The number of ketones is 2. The van der Waals surface area contributed by atoms with E-state index in [0.717, 1.165) is 22.5 Å². The Labute approximate surface area is 273 Å². The van der Waals surface area contributed by atoms with E-state index in [2.05, 4.69) is 21.2 Å². The molecule has 4 atom stereocenters. The van der Waals surface area contributed by atoms with Crippen LogP contribution < -0.4 is 15.0 Å². The molecule has 9 heteroatoms. The molecular formula is C37H29BrN2O6. The van der Waals surface area contributed by atoms with Crippen molar-refractivity contribution >= 4 is 62.4 Å². The maximum absolute atomic E-state index is 14.2. The van der Waals surface area contributed by atoms with E-state index in [4.69, 9.17) is 4.74 Å². The predicted octanol–water partition coefficient (Wildman–Crippen LogP) is 6.66. The highest BCUT2D eigenvalue weighted by molar-refractivity contribution is 9.12. The Hall–Kier alpha value is -5.02. The van der Waals surface area contributed by atoms with Gasteiger partial charge in [-0.15, -0.1) is 0 Å². The normalized spacial score (nSPS) is 24.0. The number of carbonyl (C=O) groups excluding carboxylic acids is 4. The number of nitrogens with one attached hydrogen (secondary N) is 1. The van der Waals surface area contributed by atoms with Crippen LogP contribution in [0.3, 0.4) is 0 Å². The van der Waals surface area contributed by atoms with Crippen molar-refractivity contribution in [2.24, 2.45) is 23.7 Å².